The summed E-state index contributed by atoms with van der Waals surface area (Å²) in [4.78, 5) is 57.1. The van der Waals surface area contributed by atoms with Crippen molar-refractivity contribution in [3.05, 3.63) is 79.5 Å². The summed E-state index contributed by atoms with van der Waals surface area (Å²) in [6.07, 6.45) is 0.747. The lowest BCUT2D eigenvalue weighted by atomic mass is 9.68. The number of anilines is 1. The fourth-order valence-corrected chi connectivity index (χ4v) is 10.2. The second-order valence-corrected chi connectivity index (χ2v) is 13.0. The molecule has 38 heavy (non-hydrogen) atoms. The molecule has 2 aliphatic heterocycles. The Kier molecular flexibility index (Phi) is 5.58. The lowest BCUT2D eigenvalue weighted by molar-refractivity contribution is -0.143. The highest BCUT2D eigenvalue weighted by molar-refractivity contribution is 8.00. The third-order valence-electron chi connectivity index (χ3n) is 8.47. The molecule has 7 nitrogen and oxygen atoms in total. The Morgan fingerprint density at radius 1 is 1.03 bits per heavy atom. The van der Waals surface area contributed by atoms with E-state index < -0.39 is 17.7 Å². The fourth-order valence-electron chi connectivity index (χ4n) is 7.16. The summed E-state index contributed by atoms with van der Waals surface area (Å²) in [6, 6.07) is 12.9. The van der Waals surface area contributed by atoms with Gasteiger partial charge in [-0.1, -0.05) is 35.1 Å². The zero-order chi connectivity index (χ0) is 26.3. The van der Waals surface area contributed by atoms with Crippen LogP contribution in [0, 0.1) is 35.4 Å². The molecule has 3 amide bonds. The number of H-pyrrole nitrogens is 1. The minimum absolute atomic E-state index is 0.0234. The van der Waals surface area contributed by atoms with Crippen molar-refractivity contribution in [2.45, 2.75) is 22.6 Å². The summed E-state index contributed by atoms with van der Waals surface area (Å²) < 4.78 is 13.8. The number of hydrogen-bond donors (Lipinski definition) is 2. The van der Waals surface area contributed by atoms with E-state index in [0.717, 1.165) is 38.1 Å². The van der Waals surface area contributed by atoms with Gasteiger partial charge < -0.3 is 10.3 Å². The van der Waals surface area contributed by atoms with Crippen molar-refractivity contribution >= 4 is 58.1 Å². The van der Waals surface area contributed by atoms with Gasteiger partial charge in [0.15, 0.2) is 0 Å². The number of aromatic nitrogens is 1. The molecule has 4 aliphatic rings. The average molecular weight is 570 g/mol. The summed E-state index contributed by atoms with van der Waals surface area (Å²) in [6.45, 7) is -0.336. The Bertz CT molecular complexity index is 1540. The molecule has 2 aromatic carbocycles. The number of halogens is 2. The first-order valence-corrected chi connectivity index (χ1v) is 14.4. The minimum atomic E-state index is -0.488. The molecule has 0 radical (unpaired) electrons. The summed E-state index contributed by atoms with van der Waals surface area (Å²) in [5.41, 5.74) is 1.43. The van der Waals surface area contributed by atoms with Gasteiger partial charge in [0.05, 0.1) is 16.9 Å². The Morgan fingerprint density at radius 2 is 1.71 bits per heavy atom. The molecular weight excluding hydrogens is 549 g/mol. The van der Waals surface area contributed by atoms with Gasteiger partial charge in [0.25, 0.3) is 0 Å². The van der Waals surface area contributed by atoms with Gasteiger partial charge in [-0.25, -0.2) is 4.39 Å². The van der Waals surface area contributed by atoms with E-state index in [1.165, 1.54) is 12.1 Å². The molecule has 2 aliphatic carbocycles. The number of hydrogen-bond acceptors (Lipinski definition) is 6. The molecule has 1 aromatic heterocycles. The largest absolute Gasteiger partial charge is 0.325 e. The SMILES string of the molecule is O=C(CN1C(=O)C2C3CC(C2C1=O)C1C(c2ccc(F)cc2)c2sc(=O)[nH]c2SC31)Nc1ccc(Cl)cc1. The topological polar surface area (TPSA) is 99.3 Å². The second kappa shape index (κ2) is 8.79. The molecule has 2 saturated carbocycles. The number of benzene rings is 2. The van der Waals surface area contributed by atoms with Crippen LogP contribution in [0.2, 0.25) is 5.02 Å². The van der Waals surface area contributed by atoms with Crippen LogP contribution in [-0.4, -0.2) is 39.4 Å². The fraction of sp³-hybridized carbons (Fsp3) is 0.333. The van der Waals surface area contributed by atoms with Gasteiger partial charge in [0.2, 0.25) is 17.7 Å². The molecule has 3 fully saturated rings. The third-order valence-corrected chi connectivity index (χ3v) is 11.3. The number of carbonyl (C=O) groups is 3. The van der Waals surface area contributed by atoms with Gasteiger partial charge in [0, 0.05) is 26.8 Å². The Hall–Kier alpha value is -2.95. The van der Waals surface area contributed by atoms with Crippen LogP contribution < -0.4 is 10.2 Å². The van der Waals surface area contributed by atoms with Crippen LogP contribution in [0.3, 0.4) is 0 Å². The molecular formula is C27H21ClFN3O4S2. The van der Waals surface area contributed by atoms with Crippen LogP contribution in [0.25, 0.3) is 0 Å². The number of aromatic amines is 1. The van der Waals surface area contributed by atoms with Crippen molar-refractivity contribution in [1.82, 2.24) is 9.88 Å². The molecule has 194 valence electrons. The van der Waals surface area contributed by atoms with E-state index in [1.54, 1.807) is 48.2 Å². The molecule has 2 N–H and O–H groups in total. The van der Waals surface area contributed by atoms with E-state index in [4.69, 9.17) is 11.6 Å². The smallest absolute Gasteiger partial charge is 0.305 e. The van der Waals surface area contributed by atoms with Crippen molar-refractivity contribution in [3.8, 4) is 0 Å². The maximum atomic E-state index is 13.8. The highest BCUT2D eigenvalue weighted by Gasteiger charge is 2.69. The van der Waals surface area contributed by atoms with Crippen molar-refractivity contribution in [2.75, 3.05) is 11.9 Å². The van der Waals surface area contributed by atoms with Crippen molar-refractivity contribution in [1.29, 1.82) is 0 Å². The predicted octanol–water partition coefficient (Wildman–Crippen LogP) is 4.34. The normalized spacial score (nSPS) is 30.8. The standard InChI is InChI=1S/C27H21ClFN3O4S2/c28-12-3-7-14(8-4-12)30-17(33)10-32-25(34)20-15-9-16(21(20)26(32)35)22-19(15)18(11-1-5-13(29)6-2-11)23-24(37-22)31-27(36)38-23/h1-8,15-16,18-22H,9-10H2,(H,30,33)(H,31,36). The van der Waals surface area contributed by atoms with E-state index in [0.29, 0.717) is 10.7 Å². The third kappa shape index (κ3) is 3.60. The first kappa shape index (κ1) is 24.1. The van der Waals surface area contributed by atoms with Gasteiger partial charge in [-0.3, -0.25) is 24.1 Å². The summed E-state index contributed by atoms with van der Waals surface area (Å²) in [7, 11) is 0. The molecule has 1 saturated heterocycles. The summed E-state index contributed by atoms with van der Waals surface area (Å²) >= 11 is 8.66. The molecule has 7 unspecified atom stereocenters. The number of rotatable bonds is 4. The van der Waals surface area contributed by atoms with E-state index in [-0.39, 0.29) is 58.0 Å². The number of imide groups is 1. The Labute approximate surface area is 229 Å². The van der Waals surface area contributed by atoms with Crippen LogP contribution >= 0.6 is 34.7 Å². The number of nitrogens with one attached hydrogen (secondary N) is 2. The van der Waals surface area contributed by atoms with E-state index in [2.05, 4.69) is 10.3 Å². The monoisotopic (exact) mass is 569 g/mol. The molecule has 3 heterocycles. The second-order valence-electron chi connectivity index (χ2n) is 10.3. The molecule has 7 rings (SSSR count). The highest BCUT2D eigenvalue weighted by Crippen LogP contribution is 2.68. The zero-order valence-electron chi connectivity index (χ0n) is 19.7. The zero-order valence-corrected chi connectivity index (χ0v) is 22.1. The van der Waals surface area contributed by atoms with Gasteiger partial charge in [0.1, 0.15) is 12.4 Å². The minimum Gasteiger partial charge on any atom is -0.325 e. The van der Waals surface area contributed by atoms with Gasteiger partial charge >= 0.3 is 4.87 Å². The van der Waals surface area contributed by atoms with Crippen molar-refractivity contribution < 1.29 is 18.8 Å². The number of thiazole rings is 1. The maximum Gasteiger partial charge on any atom is 0.305 e. The number of fused-ring (bicyclic) bond motifs is 9. The van der Waals surface area contributed by atoms with Crippen molar-refractivity contribution in [3.63, 3.8) is 0 Å². The lowest BCUT2D eigenvalue weighted by Gasteiger charge is -2.43. The predicted molar refractivity (Wildman–Crippen MR) is 142 cm³/mol. The van der Waals surface area contributed by atoms with Gasteiger partial charge in [-0.15, -0.1) is 11.8 Å². The van der Waals surface area contributed by atoms with Crippen LogP contribution in [0.1, 0.15) is 22.8 Å². The van der Waals surface area contributed by atoms with E-state index in [9.17, 15) is 23.6 Å². The molecule has 3 aromatic rings. The lowest BCUT2D eigenvalue weighted by Crippen LogP contribution is -2.42. The molecule has 7 atom stereocenters. The highest BCUT2D eigenvalue weighted by atomic mass is 35.5. The molecule has 2 bridgehead atoms. The quantitative estimate of drug-likeness (QED) is 0.455. The average Bonchev–Trinajstić information content (AvgIpc) is 3.62. The van der Waals surface area contributed by atoms with E-state index in [1.807, 2.05) is 0 Å². The van der Waals surface area contributed by atoms with Crippen LogP contribution in [0.5, 0.6) is 0 Å². The number of thioether (sulfide) groups is 1. The first-order chi connectivity index (χ1) is 18.3. The van der Waals surface area contributed by atoms with Crippen molar-refractivity contribution in [2.24, 2.45) is 29.6 Å². The molecule has 11 heteroatoms. The first-order valence-electron chi connectivity index (χ1n) is 12.4. The van der Waals surface area contributed by atoms with E-state index >= 15 is 0 Å². The molecule has 0 spiro atoms. The summed E-state index contributed by atoms with van der Waals surface area (Å²) in [5, 5.41) is 4.10. The number of carbonyl (C=O) groups excluding carboxylic acids is 3. The maximum absolute atomic E-state index is 13.8. The van der Waals surface area contributed by atoms with Gasteiger partial charge in [-0.2, -0.15) is 0 Å². The number of likely N-dealkylation sites (tertiary alicyclic amines) is 1. The Balaban J connectivity index is 1.19. The Morgan fingerprint density at radius 3 is 2.42 bits per heavy atom. The number of nitrogens with zero attached hydrogens (tertiary/aromatic N) is 1. The van der Waals surface area contributed by atoms with Crippen LogP contribution in [-0.2, 0) is 14.4 Å². The summed E-state index contributed by atoms with van der Waals surface area (Å²) in [5.74, 6) is -2.58. The van der Waals surface area contributed by atoms with Crippen LogP contribution in [0.4, 0.5) is 10.1 Å². The number of amides is 3. The van der Waals surface area contributed by atoms with Gasteiger partial charge in [-0.05, 0) is 66.1 Å². The van der Waals surface area contributed by atoms with Crippen LogP contribution in [0.15, 0.2) is 58.4 Å².